The molecule has 3 aromatic rings. The van der Waals surface area contributed by atoms with Crippen LogP contribution in [0.5, 0.6) is 5.75 Å². The van der Waals surface area contributed by atoms with Gasteiger partial charge in [0.1, 0.15) is 11.9 Å². The zero-order valence-corrected chi connectivity index (χ0v) is 11.9. The van der Waals surface area contributed by atoms with Crippen molar-refractivity contribution in [3.63, 3.8) is 0 Å². The van der Waals surface area contributed by atoms with Crippen LogP contribution in [-0.4, -0.2) is 22.2 Å². The molecule has 0 aliphatic carbocycles. The summed E-state index contributed by atoms with van der Waals surface area (Å²) in [7, 11) is 1.58. The minimum atomic E-state index is -0.883. The van der Waals surface area contributed by atoms with Gasteiger partial charge in [-0.25, -0.2) is 4.79 Å². The standard InChI is InChI=1S/C15H13ClN2O3/c1-21-9-4-2-8(3-5-9)14(19)10-6-12-13(7-11(10)16)18-15(20)17-12/h2-7,14,19H,1H3,(H2,17,18,20). The number of ether oxygens (including phenoxy) is 1. The van der Waals surface area contributed by atoms with Gasteiger partial charge in [-0.15, -0.1) is 0 Å². The van der Waals surface area contributed by atoms with Crippen LogP contribution in [0.3, 0.4) is 0 Å². The molecule has 0 radical (unpaired) electrons. The Bertz CT molecular complexity index is 836. The highest BCUT2D eigenvalue weighted by Crippen LogP contribution is 2.31. The molecule has 0 fully saturated rings. The first-order valence-electron chi connectivity index (χ1n) is 6.32. The quantitative estimate of drug-likeness (QED) is 0.696. The van der Waals surface area contributed by atoms with Gasteiger partial charge in [-0.3, -0.25) is 0 Å². The number of hydrogen-bond donors (Lipinski definition) is 3. The lowest BCUT2D eigenvalue weighted by Crippen LogP contribution is -2.01. The minimum Gasteiger partial charge on any atom is -0.497 e. The third-order valence-corrected chi connectivity index (χ3v) is 3.69. The van der Waals surface area contributed by atoms with Gasteiger partial charge in [0.25, 0.3) is 0 Å². The van der Waals surface area contributed by atoms with Gasteiger partial charge >= 0.3 is 5.69 Å². The van der Waals surface area contributed by atoms with Crippen LogP contribution in [0, 0.1) is 0 Å². The average molecular weight is 305 g/mol. The Kier molecular flexibility index (Phi) is 3.45. The largest absolute Gasteiger partial charge is 0.497 e. The Morgan fingerprint density at radius 2 is 1.76 bits per heavy atom. The molecular formula is C15H13ClN2O3. The van der Waals surface area contributed by atoms with Gasteiger partial charge in [0.05, 0.1) is 18.1 Å². The smallest absolute Gasteiger partial charge is 0.323 e. The number of fused-ring (bicyclic) bond motifs is 1. The molecular weight excluding hydrogens is 292 g/mol. The number of halogens is 1. The van der Waals surface area contributed by atoms with Gasteiger partial charge in [-0.05, 0) is 29.8 Å². The van der Waals surface area contributed by atoms with E-state index in [0.29, 0.717) is 32.9 Å². The number of H-pyrrole nitrogens is 2. The van der Waals surface area contributed by atoms with Crippen molar-refractivity contribution < 1.29 is 9.84 Å². The molecule has 0 bridgehead atoms. The first-order chi connectivity index (χ1) is 10.1. The van der Waals surface area contributed by atoms with Gasteiger partial charge in [0, 0.05) is 10.6 Å². The van der Waals surface area contributed by atoms with E-state index in [-0.39, 0.29) is 5.69 Å². The molecule has 21 heavy (non-hydrogen) atoms. The summed E-state index contributed by atoms with van der Waals surface area (Å²) in [6, 6.07) is 10.4. The number of benzene rings is 2. The Morgan fingerprint density at radius 1 is 1.14 bits per heavy atom. The van der Waals surface area contributed by atoms with E-state index < -0.39 is 6.10 Å². The summed E-state index contributed by atoms with van der Waals surface area (Å²) in [4.78, 5) is 16.6. The summed E-state index contributed by atoms with van der Waals surface area (Å²) in [5.74, 6) is 0.711. The molecule has 1 aromatic heterocycles. The number of aliphatic hydroxyl groups is 1. The van der Waals surface area contributed by atoms with Crippen LogP contribution in [0.2, 0.25) is 5.02 Å². The lowest BCUT2D eigenvalue weighted by Gasteiger charge is -2.14. The third-order valence-electron chi connectivity index (χ3n) is 3.36. The molecule has 0 aliphatic rings. The Labute approximate surface area is 125 Å². The number of aliphatic hydroxyl groups excluding tert-OH is 1. The van der Waals surface area contributed by atoms with Gasteiger partial charge in [-0.1, -0.05) is 23.7 Å². The van der Waals surface area contributed by atoms with Gasteiger partial charge < -0.3 is 19.8 Å². The summed E-state index contributed by atoms with van der Waals surface area (Å²) < 4.78 is 5.09. The Hall–Kier alpha value is -2.24. The molecule has 0 spiro atoms. The number of aromatic amines is 2. The molecule has 2 aromatic carbocycles. The molecule has 3 N–H and O–H groups in total. The Balaban J connectivity index is 2.04. The van der Waals surface area contributed by atoms with Crippen molar-refractivity contribution >= 4 is 22.6 Å². The summed E-state index contributed by atoms with van der Waals surface area (Å²) in [6.07, 6.45) is -0.883. The van der Waals surface area contributed by atoms with Crippen molar-refractivity contribution in [2.45, 2.75) is 6.10 Å². The normalized spacial score (nSPS) is 12.5. The van der Waals surface area contributed by atoms with E-state index in [1.165, 1.54) is 0 Å². The SMILES string of the molecule is COc1ccc(C(O)c2cc3[nH]c(=O)[nH]c3cc2Cl)cc1. The molecule has 108 valence electrons. The molecule has 1 heterocycles. The molecule has 0 aliphatic heterocycles. The zero-order chi connectivity index (χ0) is 15.0. The van der Waals surface area contributed by atoms with Gasteiger partial charge in [-0.2, -0.15) is 0 Å². The molecule has 6 heteroatoms. The van der Waals surface area contributed by atoms with Crippen molar-refractivity contribution in [1.29, 1.82) is 0 Å². The monoisotopic (exact) mass is 304 g/mol. The second kappa shape index (κ2) is 5.27. The predicted octanol–water partition coefficient (Wildman–Crippen LogP) is 2.60. The second-order valence-corrected chi connectivity index (χ2v) is 5.08. The van der Waals surface area contributed by atoms with E-state index in [2.05, 4.69) is 9.97 Å². The van der Waals surface area contributed by atoms with Crippen molar-refractivity contribution in [3.8, 4) is 5.75 Å². The molecule has 3 rings (SSSR count). The number of hydrogen-bond acceptors (Lipinski definition) is 3. The lowest BCUT2D eigenvalue weighted by molar-refractivity contribution is 0.220. The number of nitrogens with one attached hydrogen (secondary N) is 2. The third kappa shape index (κ3) is 2.53. The molecule has 0 saturated carbocycles. The molecule has 1 atom stereocenters. The minimum absolute atomic E-state index is 0.308. The first-order valence-corrected chi connectivity index (χ1v) is 6.70. The van der Waals surface area contributed by atoms with Crippen LogP contribution in [0.15, 0.2) is 41.2 Å². The maximum Gasteiger partial charge on any atom is 0.323 e. The highest BCUT2D eigenvalue weighted by Gasteiger charge is 2.16. The highest BCUT2D eigenvalue weighted by molar-refractivity contribution is 6.32. The molecule has 5 nitrogen and oxygen atoms in total. The highest BCUT2D eigenvalue weighted by atomic mass is 35.5. The summed E-state index contributed by atoms with van der Waals surface area (Å²) in [5.41, 5.74) is 2.12. The maximum atomic E-state index is 11.3. The van der Waals surface area contributed by atoms with E-state index in [9.17, 15) is 9.90 Å². The van der Waals surface area contributed by atoms with Gasteiger partial charge in [0.2, 0.25) is 0 Å². The fourth-order valence-electron chi connectivity index (χ4n) is 2.25. The lowest BCUT2D eigenvalue weighted by atomic mass is 10.0. The van der Waals surface area contributed by atoms with E-state index in [4.69, 9.17) is 16.3 Å². The molecule has 0 amide bonds. The summed E-state index contributed by atoms with van der Waals surface area (Å²) in [6.45, 7) is 0. The van der Waals surface area contributed by atoms with Crippen LogP contribution in [0.4, 0.5) is 0 Å². The van der Waals surface area contributed by atoms with Crippen molar-refractivity contribution in [1.82, 2.24) is 9.97 Å². The summed E-state index contributed by atoms with van der Waals surface area (Å²) >= 11 is 6.20. The Morgan fingerprint density at radius 3 is 2.38 bits per heavy atom. The molecule has 1 unspecified atom stereocenters. The fourth-order valence-corrected chi connectivity index (χ4v) is 2.52. The van der Waals surface area contributed by atoms with E-state index >= 15 is 0 Å². The van der Waals surface area contributed by atoms with Crippen LogP contribution < -0.4 is 10.4 Å². The number of methoxy groups -OCH3 is 1. The van der Waals surface area contributed by atoms with Gasteiger partial charge in [0.15, 0.2) is 0 Å². The first kappa shape index (κ1) is 13.7. The number of imidazole rings is 1. The van der Waals surface area contributed by atoms with E-state index in [0.717, 1.165) is 0 Å². The van der Waals surface area contributed by atoms with Crippen molar-refractivity contribution in [2.75, 3.05) is 7.11 Å². The van der Waals surface area contributed by atoms with Crippen LogP contribution in [0.1, 0.15) is 17.2 Å². The number of aromatic nitrogens is 2. The van der Waals surface area contributed by atoms with E-state index in [1.54, 1.807) is 43.5 Å². The van der Waals surface area contributed by atoms with Crippen LogP contribution in [-0.2, 0) is 0 Å². The van der Waals surface area contributed by atoms with Crippen LogP contribution in [0.25, 0.3) is 11.0 Å². The fraction of sp³-hybridized carbons (Fsp3) is 0.133. The predicted molar refractivity (Wildman–Crippen MR) is 81.0 cm³/mol. The summed E-state index contributed by atoms with van der Waals surface area (Å²) in [5, 5.41) is 10.9. The second-order valence-electron chi connectivity index (χ2n) is 4.67. The van der Waals surface area contributed by atoms with Crippen molar-refractivity contribution in [3.05, 3.63) is 63.0 Å². The molecule has 0 saturated heterocycles. The topological polar surface area (TPSA) is 78.1 Å². The van der Waals surface area contributed by atoms with Crippen LogP contribution >= 0.6 is 11.6 Å². The maximum absolute atomic E-state index is 11.3. The zero-order valence-electron chi connectivity index (χ0n) is 11.2. The van der Waals surface area contributed by atoms with E-state index in [1.807, 2.05) is 0 Å². The average Bonchev–Trinajstić information content (AvgIpc) is 2.85. The van der Waals surface area contributed by atoms with Crippen molar-refractivity contribution in [2.24, 2.45) is 0 Å². The number of rotatable bonds is 3.